The van der Waals surface area contributed by atoms with Gasteiger partial charge in [-0.05, 0) is 88.0 Å². The van der Waals surface area contributed by atoms with E-state index in [0.717, 1.165) is 33.7 Å². The van der Waals surface area contributed by atoms with Crippen LogP contribution in [0.1, 0.15) is 22.9 Å². The molecule has 1 atom stereocenters. The number of nitrogens with zero attached hydrogens (tertiary/aromatic N) is 1. The highest BCUT2D eigenvalue weighted by atomic mass is 15.1. The number of hydrogen-bond acceptors (Lipinski definition) is 2. The van der Waals surface area contributed by atoms with Gasteiger partial charge in [-0.3, -0.25) is 4.99 Å². The largest absolute Gasteiger partial charge is 0.351 e. The summed E-state index contributed by atoms with van der Waals surface area (Å²) in [6, 6.07) is 79.8. The zero-order valence-electron chi connectivity index (χ0n) is 33.2. The summed E-state index contributed by atoms with van der Waals surface area (Å²) in [5.41, 5.74) is 19.4. The maximum Gasteiger partial charge on any atom is 0.130 e. The van der Waals surface area contributed by atoms with Crippen molar-refractivity contribution in [3.8, 4) is 44.5 Å². The Kier molecular flexibility index (Phi) is 10.0. The molecule has 10 aromatic carbocycles. The molecule has 0 radical (unpaired) electrons. The molecule has 0 heterocycles. The molecule has 0 aliphatic heterocycles. The van der Waals surface area contributed by atoms with Gasteiger partial charge >= 0.3 is 0 Å². The summed E-state index contributed by atoms with van der Waals surface area (Å²) in [5.74, 6) is 0.751. The molecule has 3 heteroatoms. The zero-order chi connectivity index (χ0) is 40.3. The highest BCUT2D eigenvalue weighted by Gasteiger charge is 2.19. The molecule has 0 saturated carbocycles. The van der Waals surface area contributed by atoms with Gasteiger partial charge in [0.15, 0.2) is 0 Å². The van der Waals surface area contributed by atoms with Crippen LogP contribution in [0.5, 0.6) is 0 Å². The van der Waals surface area contributed by atoms with E-state index in [9.17, 15) is 0 Å². The molecule has 0 fully saturated rings. The Balaban J connectivity index is 1.01. The fourth-order valence-corrected chi connectivity index (χ4v) is 8.65. The third-order valence-electron chi connectivity index (χ3n) is 11.6. The van der Waals surface area contributed by atoms with Crippen LogP contribution in [0.25, 0.3) is 76.8 Å². The fraction of sp³-hybridized carbons (Fsp3) is 0.0351. The maximum absolute atomic E-state index is 6.75. The van der Waals surface area contributed by atoms with E-state index < -0.39 is 6.17 Å². The van der Waals surface area contributed by atoms with Gasteiger partial charge in [-0.2, -0.15) is 0 Å². The molecule has 286 valence electrons. The first kappa shape index (κ1) is 36.7. The summed E-state index contributed by atoms with van der Waals surface area (Å²) in [6.07, 6.45) is -0.423. The second kappa shape index (κ2) is 16.3. The summed E-state index contributed by atoms with van der Waals surface area (Å²) >= 11 is 0. The van der Waals surface area contributed by atoms with E-state index in [1.165, 1.54) is 65.7 Å². The normalized spacial score (nSPS) is 12.2. The van der Waals surface area contributed by atoms with Gasteiger partial charge in [0.05, 0.1) is 6.54 Å². The average molecular weight is 770 g/mol. The van der Waals surface area contributed by atoms with Crippen LogP contribution in [0.15, 0.2) is 229 Å². The molecule has 0 aliphatic carbocycles. The first-order valence-electron chi connectivity index (χ1n) is 20.6. The van der Waals surface area contributed by atoms with E-state index in [-0.39, 0.29) is 0 Å². The molecule has 0 bridgehead atoms. The van der Waals surface area contributed by atoms with Gasteiger partial charge in [0.25, 0.3) is 0 Å². The average Bonchev–Trinajstić information content (AvgIpc) is 3.33. The molecule has 10 rings (SSSR count). The Bertz CT molecular complexity index is 3120. The summed E-state index contributed by atoms with van der Waals surface area (Å²) < 4.78 is 0. The number of benzene rings is 10. The summed E-state index contributed by atoms with van der Waals surface area (Å²) in [7, 11) is 0. The second-order valence-corrected chi connectivity index (χ2v) is 15.2. The SMILES string of the molecule is NC(NC(=NCc1ccccc1-c1ccccc1)c1ccc(-c2ccc(-c3c4ccccc4c(-c4ccccc4)c4c3ccc3ccccc34)cc2)cc1)c1ccccc1. The molecule has 0 amide bonds. The Morgan fingerprint density at radius 2 is 0.933 bits per heavy atom. The van der Waals surface area contributed by atoms with E-state index in [2.05, 4.69) is 193 Å². The van der Waals surface area contributed by atoms with Crippen molar-refractivity contribution >= 4 is 38.2 Å². The molecule has 0 aromatic heterocycles. The number of rotatable bonds is 9. The van der Waals surface area contributed by atoms with Gasteiger partial charge in [-0.25, -0.2) is 0 Å². The van der Waals surface area contributed by atoms with Crippen molar-refractivity contribution in [2.24, 2.45) is 10.7 Å². The fourth-order valence-electron chi connectivity index (χ4n) is 8.65. The van der Waals surface area contributed by atoms with E-state index in [4.69, 9.17) is 10.7 Å². The standard InChI is InChI=1S/C57H43N3/c58-56(45-21-8-3-9-22-45)60-57(59-38-47-23-11-12-24-48(47)41-16-4-1-5-17-41)46-34-30-40(31-35-46)39-28-32-44(33-29-39)53-50-26-14-15-27-51(50)54(43-19-6-2-7-20-43)55-49-25-13-10-18-42(49)36-37-52(53)55/h1-37,56H,38,58H2,(H,59,60). The molecule has 0 saturated heterocycles. The van der Waals surface area contributed by atoms with E-state index in [1.807, 2.05) is 36.4 Å². The molecule has 60 heavy (non-hydrogen) atoms. The Morgan fingerprint density at radius 1 is 0.417 bits per heavy atom. The number of nitrogens with one attached hydrogen (secondary N) is 1. The topological polar surface area (TPSA) is 50.4 Å². The Morgan fingerprint density at radius 3 is 1.63 bits per heavy atom. The molecule has 0 aliphatic rings. The van der Waals surface area contributed by atoms with Crippen LogP contribution in [0.4, 0.5) is 0 Å². The van der Waals surface area contributed by atoms with Gasteiger partial charge in [0, 0.05) is 5.56 Å². The summed E-state index contributed by atoms with van der Waals surface area (Å²) in [5, 5.41) is 11.1. The molecule has 0 spiro atoms. The number of fused-ring (bicyclic) bond motifs is 4. The van der Waals surface area contributed by atoms with Crippen molar-refractivity contribution in [1.29, 1.82) is 0 Å². The summed E-state index contributed by atoms with van der Waals surface area (Å²) in [4.78, 5) is 5.18. The smallest absolute Gasteiger partial charge is 0.130 e. The van der Waals surface area contributed by atoms with Gasteiger partial charge in [0.1, 0.15) is 12.0 Å². The van der Waals surface area contributed by atoms with E-state index in [1.54, 1.807) is 0 Å². The van der Waals surface area contributed by atoms with Crippen LogP contribution in [0.2, 0.25) is 0 Å². The van der Waals surface area contributed by atoms with Gasteiger partial charge in [0.2, 0.25) is 0 Å². The lowest BCUT2D eigenvalue weighted by atomic mass is 9.84. The minimum absolute atomic E-state index is 0.423. The molecule has 3 N–H and O–H groups in total. The van der Waals surface area contributed by atoms with Crippen molar-refractivity contribution in [3.05, 3.63) is 241 Å². The monoisotopic (exact) mass is 769 g/mol. The van der Waals surface area contributed by atoms with Gasteiger partial charge < -0.3 is 11.1 Å². The number of aliphatic imine (C=N–C) groups is 1. The molecular formula is C57H43N3. The predicted octanol–water partition coefficient (Wildman–Crippen LogP) is 14.0. The van der Waals surface area contributed by atoms with Gasteiger partial charge in [-0.1, -0.05) is 224 Å². The van der Waals surface area contributed by atoms with E-state index >= 15 is 0 Å². The third kappa shape index (κ3) is 7.13. The minimum Gasteiger partial charge on any atom is -0.351 e. The number of hydrogen-bond donors (Lipinski definition) is 2. The molecular weight excluding hydrogens is 727 g/mol. The minimum atomic E-state index is -0.423. The highest BCUT2D eigenvalue weighted by Crippen LogP contribution is 2.46. The van der Waals surface area contributed by atoms with Crippen molar-refractivity contribution in [2.45, 2.75) is 12.7 Å². The second-order valence-electron chi connectivity index (χ2n) is 15.2. The third-order valence-corrected chi connectivity index (χ3v) is 11.6. The zero-order valence-corrected chi connectivity index (χ0v) is 33.2. The van der Waals surface area contributed by atoms with Crippen LogP contribution in [0, 0.1) is 0 Å². The van der Waals surface area contributed by atoms with Crippen LogP contribution in [-0.2, 0) is 6.54 Å². The van der Waals surface area contributed by atoms with Crippen LogP contribution >= 0.6 is 0 Å². The quantitative estimate of drug-likeness (QED) is 0.0505. The van der Waals surface area contributed by atoms with Gasteiger partial charge in [-0.15, -0.1) is 0 Å². The Labute approximate surface area is 351 Å². The number of amidine groups is 1. The van der Waals surface area contributed by atoms with Crippen molar-refractivity contribution in [2.75, 3.05) is 0 Å². The van der Waals surface area contributed by atoms with Crippen LogP contribution in [-0.4, -0.2) is 5.84 Å². The van der Waals surface area contributed by atoms with Crippen molar-refractivity contribution in [1.82, 2.24) is 5.32 Å². The summed E-state index contributed by atoms with van der Waals surface area (Å²) in [6.45, 7) is 0.504. The molecule has 10 aromatic rings. The lowest BCUT2D eigenvalue weighted by molar-refractivity contribution is 0.679. The van der Waals surface area contributed by atoms with Crippen LogP contribution in [0.3, 0.4) is 0 Å². The Hall–Kier alpha value is -7.59. The first-order valence-corrected chi connectivity index (χ1v) is 20.6. The van der Waals surface area contributed by atoms with Crippen LogP contribution < -0.4 is 11.1 Å². The van der Waals surface area contributed by atoms with Crippen molar-refractivity contribution < 1.29 is 0 Å². The maximum atomic E-state index is 6.75. The highest BCUT2D eigenvalue weighted by molar-refractivity contribution is 6.27. The lowest BCUT2D eigenvalue weighted by Gasteiger charge is -2.19. The van der Waals surface area contributed by atoms with E-state index in [0.29, 0.717) is 6.54 Å². The molecule has 3 nitrogen and oxygen atoms in total. The molecule has 1 unspecified atom stereocenters. The van der Waals surface area contributed by atoms with Crippen molar-refractivity contribution in [3.63, 3.8) is 0 Å². The lowest BCUT2D eigenvalue weighted by Crippen LogP contribution is -2.34. The number of nitrogens with two attached hydrogens (primary N) is 1. The first-order chi connectivity index (χ1) is 29.7. The predicted molar refractivity (Wildman–Crippen MR) is 254 cm³/mol.